The number of para-hydroxylation sites is 1. The topological polar surface area (TPSA) is 89.6 Å². The number of benzene rings is 2. The Labute approximate surface area is 163 Å². The van der Waals surface area contributed by atoms with Crippen molar-refractivity contribution >= 4 is 23.2 Å². The zero-order chi connectivity index (χ0) is 19.5. The number of carbonyl (C=O) groups is 1. The molecule has 1 aliphatic rings. The summed E-state index contributed by atoms with van der Waals surface area (Å²) in [5.74, 6) is 0.266. The molecule has 6 nitrogen and oxygen atoms in total. The monoisotopic (exact) mass is 372 g/mol. The molecule has 2 aromatic carbocycles. The average molecular weight is 372 g/mol. The molecule has 0 radical (unpaired) electrons. The number of rotatable bonds is 4. The molecule has 6 heteroatoms. The summed E-state index contributed by atoms with van der Waals surface area (Å²) in [5.41, 5.74) is 10.3. The molecule has 2 heterocycles. The molecule has 0 saturated carbocycles. The highest BCUT2D eigenvalue weighted by Crippen LogP contribution is 2.25. The van der Waals surface area contributed by atoms with E-state index in [4.69, 9.17) is 10.5 Å². The van der Waals surface area contributed by atoms with Gasteiger partial charge in [-0.25, -0.2) is 4.99 Å². The number of hydrogen-bond acceptors (Lipinski definition) is 5. The Morgan fingerprint density at radius 2 is 1.89 bits per heavy atom. The second-order valence-corrected chi connectivity index (χ2v) is 6.63. The summed E-state index contributed by atoms with van der Waals surface area (Å²) < 4.78 is 5.64. The Morgan fingerprint density at radius 1 is 1.11 bits per heavy atom. The summed E-state index contributed by atoms with van der Waals surface area (Å²) in [5, 5.41) is 2.93. The predicted octanol–water partition coefficient (Wildman–Crippen LogP) is 3.75. The van der Waals surface area contributed by atoms with Crippen LogP contribution in [0.25, 0.3) is 11.1 Å². The van der Waals surface area contributed by atoms with Crippen LogP contribution in [0.1, 0.15) is 22.8 Å². The fourth-order valence-electron chi connectivity index (χ4n) is 3.08. The number of hydrogen-bond donors (Lipinski definition) is 2. The van der Waals surface area contributed by atoms with Gasteiger partial charge in [0, 0.05) is 18.1 Å². The summed E-state index contributed by atoms with van der Waals surface area (Å²) in [7, 11) is 0. The second kappa shape index (κ2) is 7.52. The van der Waals surface area contributed by atoms with Crippen LogP contribution >= 0.6 is 0 Å². The summed E-state index contributed by atoms with van der Waals surface area (Å²) in [6.45, 7) is 2.53. The van der Waals surface area contributed by atoms with E-state index in [2.05, 4.69) is 15.3 Å². The fourth-order valence-corrected chi connectivity index (χ4v) is 3.08. The van der Waals surface area contributed by atoms with E-state index >= 15 is 0 Å². The predicted molar refractivity (Wildman–Crippen MR) is 110 cm³/mol. The third-order valence-corrected chi connectivity index (χ3v) is 4.51. The van der Waals surface area contributed by atoms with Gasteiger partial charge in [0.25, 0.3) is 5.91 Å². The van der Waals surface area contributed by atoms with E-state index in [9.17, 15) is 4.79 Å². The molecule has 0 saturated heterocycles. The van der Waals surface area contributed by atoms with Crippen LogP contribution in [-0.4, -0.2) is 29.4 Å². The van der Waals surface area contributed by atoms with Gasteiger partial charge in [0.15, 0.2) is 0 Å². The van der Waals surface area contributed by atoms with Crippen molar-refractivity contribution in [1.29, 1.82) is 0 Å². The lowest BCUT2D eigenvalue weighted by Gasteiger charge is -2.12. The number of anilines is 2. The fraction of sp³-hybridized carbons (Fsp3) is 0.136. The van der Waals surface area contributed by atoms with Crippen molar-refractivity contribution < 1.29 is 9.53 Å². The van der Waals surface area contributed by atoms with E-state index in [1.807, 2.05) is 49.4 Å². The smallest absolute Gasteiger partial charge is 0.257 e. The molecular weight excluding hydrogens is 352 g/mol. The lowest BCUT2D eigenvalue weighted by atomic mass is 10.0. The number of nitrogen functional groups attached to an aromatic ring is 1. The molecule has 3 aromatic rings. The van der Waals surface area contributed by atoms with Gasteiger partial charge < -0.3 is 15.8 Å². The standard InChI is InChI=1S/C22H20N4O2/c1-14-13-28-22(25-14)18-4-2-3-5-20(18)26-21(27)17-7-6-16(12-19(17)23)15-8-10-24-11-9-15/h2-12,14H,13,23H2,1H3,(H,26,27)/t14-/m0/s1. The summed E-state index contributed by atoms with van der Waals surface area (Å²) in [4.78, 5) is 21.3. The van der Waals surface area contributed by atoms with Crippen LogP contribution in [0.2, 0.25) is 0 Å². The van der Waals surface area contributed by atoms with Gasteiger partial charge in [-0.3, -0.25) is 9.78 Å². The minimum Gasteiger partial charge on any atom is -0.475 e. The van der Waals surface area contributed by atoms with Crippen molar-refractivity contribution in [2.24, 2.45) is 4.99 Å². The summed E-state index contributed by atoms with van der Waals surface area (Å²) >= 11 is 0. The van der Waals surface area contributed by atoms with Crippen LogP contribution in [-0.2, 0) is 4.74 Å². The van der Waals surface area contributed by atoms with Crippen molar-refractivity contribution in [2.75, 3.05) is 17.7 Å². The molecule has 28 heavy (non-hydrogen) atoms. The number of aliphatic imine (C=N–C) groups is 1. The Balaban J connectivity index is 1.59. The molecule has 1 aliphatic heterocycles. The second-order valence-electron chi connectivity index (χ2n) is 6.63. The van der Waals surface area contributed by atoms with Crippen LogP contribution in [0.15, 0.2) is 72.0 Å². The third-order valence-electron chi connectivity index (χ3n) is 4.51. The normalized spacial score (nSPS) is 15.6. The molecule has 0 unspecified atom stereocenters. The largest absolute Gasteiger partial charge is 0.475 e. The number of ether oxygens (including phenoxy) is 1. The van der Waals surface area contributed by atoms with E-state index in [-0.39, 0.29) is 11.9 Å². The van der Waals surface area contributed by atoms with E-state index in [1.54, 1.807) is 24.5 Å². The maximum Gasteiger partial charge on any atom is 0.257 e. The van der Waals surface area contributed by atoms with Gasteiger partial charge in [-0.05, 0) is 54.4 Å². The molecule has 1 atom stereocenters. The number of nitrogens with one attached hydrogen (secondary N) is 1. The highest BCUT2D eigenvalue weighted by atomic mass is 16.5. The number of pyridine rings is 1. The maximum absolute atomic E-state index is 12.8. The van der Waals surface area contributed by atoms with Gasteiger partial charge in [-0.15, -0.1) is 0 Å². The summed E-state index contributed by atoms with van der Waals surface area (Å²) in [6, 6.07) is 16.7. The van der Waals surface area contributed by atoms with Gasteiger partial charge in [0.05, 0.1) is 22.9 Å². The molecule has 4 rings (SSSR count). The lowest BCUT2D eigenvalue weighted by Crippen LogP contribution is -2.16. The van der Waals surface area contributed by atoms with Crippen molar-refractivity contribution in [3.05, 3.63) is 78.1 Å². The van der Waals surface area contributed by atoms with Crippen molar-refractivity contribution in [3.63, 3.8) is 0 Å². The first-order chi connectivity index (χ1) is 13.6. The molecule has 1 amide bonds. The molecule has 3 N–H and O–H groups in total. The zero-order valence-corrected chi connectivity index (χ0v) is 15.4. The van der Waals surface area contributed by atoms with E-state index in [0.29, 0.717) is 29.4 Å². The van der Waals surface area contributed by atoms with Gasteiger partial charge in [-0.1, -0.05) is 18.2 Å². The quantitative estimate of drug-likeness (QED) is 0.683. The molecule has 0 fully saturated rings. The zero-order valence-electron chi connectivity index (χ0n) is 15.4. The first-order valence-electron chi connectivity index (χ1n) is 9.03. The van der Waals surface area contributed by atoms with Gasteiger partial charge in [0.2, 0.25) is 5.90 Å². The van der Waals surface area contributed by atoms with E-state index in [0.717, 1.165) is 16.7 Å². The minimum atomic E-state index is -0.280. The van der Waals surface area contributed by atoms with Gasteiger partial charge >= 0.3 is 0 Å². The van der Waals surface area contributed by atoms with Gasteiger partial charge in [0.1, 0.15) is 6.61 Å². The average Bonchev–Trinajstić information content (AvgIpc) is 3.15. The number of nitrogens with two attached hydrogens (primary N) is 1. The van der Waals surface area contributed by atoms with Gasteiger partial charge in [-0.2, -0.15) is 0 Å². The molecule has 140 valence electrons. The van der Waals surface area contributed by atoms with Crippen LogP contribution in [0.3, 0.4) is 0 Å². The summed E-state index contributed by atoms with van der Waals surface area (Å²) in [6.07, 6.45) is 3.44. The molecule has 0 bridgehead atoms. The van der Waals surface area contributed by atoms with Crippen molar-refractivity contribution in [1.82, 2.24) is 4.98 Å². The third kappa shape index (κ3) is 3.57. The van der Waals surface area contributed by atoms with Crippen molar-refractivity contribution in [2.45, 2.75) is 13.0 Å². The maximum atomic E-state index is 12.8. The van der Waals surface area contributed by atoms with Crippen LogP contribution in [0, 0.1) is 0 Å². The Bertz CT molecular complexity index is 1050. The van der Waals surface area contributed by atoms with Crippen molar-refractivity contribution in [3.8, 4) is 11.1 Å². The molecule has 0 aliphatic carbocycles. The van der Waals surface area contributed by atoms with Crippen LogP contribution < -0.4 is 11.1 Å². The minimum absolute atomic E-state index is 0.107. The highest BCUT2D eigenvalue weighted by molar-refractivity contribution is 6.11. The highest BCUT2D eigenvalue weighted by Gasteiger charge is 2.20. The van der Waals surface area contributed by atoms with E-state index in [1.165, 1.54) is 0 Å². The number of nitrogens with zero attached hydrogens (tertiary/aromatic N) is 2. The molecule has 1 aromatic heterocycles. The first kappa shape index (κ1) is 17.7. The number of aromatic nitrogens is 1. The number of carbonyl (C=O) groups excluding carboxylic acids is 1. The van der Waals surface area contributed by atoms with Crippen LogP contribution in [0.5, 0.6) is 0 Å². The molecule has 0 spiro atoms. The Hall–Kier alpha value is -3.67. The van der Waals surface area contributed by atoms with Crippen LogP contribution in [0.4, 0.5) is 11.4 Å². The number of amides is 1. The SMILES string of the molecule is C[C@H]1COC(c2ccccc2NC(=O)c2ccc(-c3ccncc3)cc2N)=N1. The lowest BCUT2D eigenvalue weighted by molar-refractivity contribution is 0.102. The van der Waals surface area contributed by atoms with E-state index < -0.39 is 0 Å². The first-order valence-corrected chi connectivity index (χ1v) is 9.03. The Kier molecular flexibility index (Phi) is 4.76. The Morgan fingerprint density at radius 3 is 2.61 bits per heavy atom. The molecular formula is C22H20N4O2.